The van der Waals surface area contributed by atoms with Gasteiger partial charge >= 0.3 is 0 Å². The van der Waals surface area contributed by atoms with Crippen LogP contribution in [0.3, 0.4) is 0 Å². The van der Waals surface area contributed by atoms with E-state index in [9.17, 15) is 0 Å². The number of hydrogen-bond acceptors (Lipinski definition) is 3. The van der Waals surface area contributed by atoms with Gasteiger partial charge in [0.15, 0.2) is 0 Å². The molecule has 1 rings (SSSR count). The van der Waals surface area contributed by atoms with Crippen molar-refractivity contribution in [3.05, 3.63) is 21.3 Å². The maximum absolute atomic E-state index is 6.08. The second-order valence-electron chi connectivity index (χ2n) is 4.14. The van der Waals surface area contributed by atoms with Crippen molar-refractivity contribution < 1.29 is 0 Å². The lowest BCUT2D eigenvalue weighted by Gasteiger charge is -2.20. The van der Waals surface area contributed by atoms with Gasteiger partial charge in [0.1, 0.15) is 11.0 Å². The van der Waals surface area contributed by atoms with Gasteiger partial charge in [-0.25, -0.2) is 4.98 Å². The second-order valence-corrected chi connectivity index (χ2v) is 5.32. The molecule has 0 aromatic carbocycles. The van der Waals surface area contributed by atoms with Gasteiger partial charge in [0, 0.05) is 13.6 Å². The molecule has 1 aromatic rings. The van der Waals surface area contributed by atoms with E-state index in [2.05, 4.69) is 9.88 Å². The predicted octanol–water partition coefficient (Wildman–Crippen LogP) is 3.43. The third-order valence-electron chi connectivity index (χ3n) is 2.33. The Kier molecular flexibility index (Phi) is 5.80. The van der Waals surface area contributed by atoms with Gasteiger partial charge in [0.05, 0.1) is 10.0 Å². The Bertz CT molecular complexity index is 382. The molecule has 1 aromatic heterocycles. The van der Waals surface area contributed by atoms with E-state index in [0.29, 0.717) is 15.9 Å². The quantitative estimate of drug-likeness (QED) is 0.776. The van der Waals surface area contributed by atoms with Gasteiger partial charge in [-0.15, -0.1) is 0 Å². The van der Waals surface area contributed by atoms with Crippen LogP contribution in [0.4, 0.5) is 5.82 Å². The van der Waals surface area contributed by atoms with Crippen LogP contribution in [0.25, 0.3) is 0 Å². The van der Waals surface area contributed by atoms with Gasteiger partial charge < -0.3 is 9.80 Å². The summed E-state index contributed by atoms with van der Waals surface area (Å²) >= 11 is 17.8. The normalized spacial score (nSPS) is 11.0. The highest BCUT2D eigenvalue weighted by atomic mass is 35.5. The summed E-state index contributed by atoms with van der Waals surface area (Å²) in [5.74, 6) is 0.667. The Morgan fingerprint density at radius 3 is 2.29 bits per heavy atom. The molecule has 0 bridgehead atoms. The molecule has 0 unspecified atom stereocenters. The van der Waals surface area contributed by atoms with Crippen LogP contribution in [-0.2, 0) is 0 Å². The average Bonchev–Trinajstić information content (AvgIpc) is 2.22. The SMILES string of the molecule is CN(C)CCCN(C)c1nc(Cl)c(Cl)cc1Cl. The number of anilines is 1. The largest absolute Gasteiger partial charge is 0.358 e. The Morgan fingerprint density at radius 1 is 1.06 bits per heavy atom. The number of nitrogens with zero attached hydrogens (tertiary/aromatic N) is 3. The Labute approximate surface area is 117 Å². The summed E-state index contributed by atoms with van der Waals surface area (Å²) in [6.45, 7) is 1.88. The molecule has 0 aliphatic heterocycles. The van der Waals surface area contributed by atoms with Gasteiger partial charge in [-0.2, -0.15) is 0 Å². The number of aromatic nitrogens is 1. The van der Waals surface area contributed by atoms with E-state index in [1.165, 1.54) is 0 Å². The van der Waals surface area contributed by atoms with Crippen LogP contribution < -0.4 is 4.90 Å². The van der Waals surface area contributed by atoms with Gasteiger partial charge in [-0.3, -0.25) is 0 Å². The summed E-state index contributed by atoms with van der Waals surface area (Å²) in [6, 6.07) is 1.62. The van der Waals surface area contributed by atoms with E-state index in [1.807, 2.05) is 26.0 Å². The van der Waals surface area contributed by atoms with Crippen molar-refractivity contribution >= 4 is 40.6 Å². The zero-order chi connectivity index (χ0) is 13.0. The molecule has 0 aliphatic carbocycles. The van der Waals surface area contributed by atoms with Crippen molar-refractivity contribution in [1.29, 1.82) is 0 Å². The van der Waals surface area contributed by atoms with Crippen LogP contribution in [0.5, 0.6) is 0 Å². The van der Waals surface area contributed by atoms with Crippen molar-refractivity contribution in [2.45, 2.75) is 6.42 Å². The molecule has 3 nitrogen and oxygen atoms in total. The first-order valence-electron chi connectivity index (χ1n) is 5.29. The molecule has 0 saturated carbocycles. The fourth-order valence-corrected chi connectivity index (χ4v) is 2.07. The van der Waals surface area contributed by atoms with Crippen molar-refractivity contribution in [2.75, 3.05) is 39.1 Å². The van der Waals surface area contributed by atoms with Gasteiger partial charge in [0.25, 0.3) is 0 Å². The first-order valence-corrected chi connectivity index (χ1v) is 6.42. The lowest BCUT2D eigenvalue weighted by atomic mass is 10.3. The Balaban J connectivity index is 2.68. The lowest BCUT2D eigenvalue weighted by molar-refractivity contribution is 0.401. The van der Waals surface area contributed by atoms with E-state index in [0.717, 1.165) is 19.5 Å². The van der Waals surface area contributed by atoms with Crippen LogP contribution in [0.2, 0.25) is 15.2 Å². The first-order chi connectivity index (χ1) is 7.91. The van der Waals surface area contributed by atoms with Crippen LogP contribution >= 0.6 is 34.8 Å². The van der Waals surface area contributed by atoms with E-state index in [-0.39, 0.29) is 5.15 Å². The molecule has 0 saturated heterocycles. The molecular weight excluding hydrogens is 281 g/mol. The van der Waals surface area contributed by atoms with Gasteiger partial charge in [0.2, 0.25) is 0 Å². The summed E-state index contributed by atoms with van der Waals surface area (Å²) in [5, 5.41) is 1.18. The Morgan fingerprint density at radius 2 is 1.71 bits per heavy atom. The highest BCUT2D eigenvalue weighted by Crippen LogP contribution is 2.30. The summed E-state index contributed by atoms with van der Waals surface area (Å²) in [6.07, 6.45) is 1.03. The molecule has 1 heterocycles. The molecule has 0 N–H and O–H groups in total. The van der Waals surface area contributed by atoms with Gasteiger partial charge in [-0.05, 0) is 33.1 Å². The highest BCUT2D eigenvalue weighted by Gasteiger charge is 2.11. The average molecular weight is 297 g/mol. The molecule has 0 fully saturated rings. The number of halogens is 3. The fourth-order valence-electron chi connectivity index (χ4n) is 1.43. The van der Waals surface area contributed by atoms with E-state index < -0.39 is 0 Å². The standard InChI is InChI=1S/C11H16Cl3N3/c1-16(2)5-4-6-17(3)11-9(13)7-8(12)10(14)15-11/h7H,4-6H2,1-3H3. The Hall–Kier alpha value is -0.220. The number of pyridine rings is 1. The van der Waals surface area contributed by atoms with E-state index in [1.54, 1.807) is 6.07 Å². The van der Waals surface area contributed by atoms with E-state index >= 15 is 0 Å². The molecule has 96 valence electrons. The monoisotopic (exact) mass is 295 g/mol. The predicted molar refractivity (Wildman–Crippen MR) is 75.7 cm³/mol. The van der Waals surface area contributed by atoms with Crippen LogP contribution in [0, 0.1) is 0 Å². The zero-order valence-corrected chi connectivity index (χ0v) is 12.4. The fraction of sp³-hybridized carbons (Fsp3) is 0.545. The summed E-state index contributed by atoms with van der Waals surface area (Å²) in [5.41, 5.74) is 0. The first kappa shape index (κ1) is 14.8. The van der Waals surface area contributed by atoms with Crippen molar-refractivity contribution in [3.8, 4) is 0 Å². The maximum atomic E-state index is 6.08. The third-order valence-corrected chi connectivity index (χ3v) is 3.28. The number of hydrogen-bond donors (Lipinski definition) is 0. The zero-order valence-electron chi connectivity index (χ0n) is 10.2. The molecular formula is C11H16Cl3N3. The van der Waals surface area contributed by atoms with Crippen LogP contribution in [0.15, 0.2) is 6.07 Å². The molecule has 0 radical (unpaired) electrons. The molecule has 17 heavy (non-hydrogen) atoms. The minimum atomic E-state index is 0.283. The maximum Gasteiger partial charge on any atom is 0.150 e. The third kappa shape index (κ3) is 4.51. The number of rotatable bonds is 5. The molecule has 6 heteroatoms. The summed E-state index contributed by atoms with van der Waals surface area (Å²) in [4.78, 5) is 8.30. The van der Waals surface area contributed by atoms with Crippen molar-refractivity contribution in [1.82, 2.24) is 9.88 Å². The minimum Gasteiger partial charge on any atom is -0.358 e. The summed E-state index contributed by atoms with van der Waals surface area (Å²) < 4.78 is 0. The second kappa shape index (κ2) is 6.64. The minimum absolute atomic E-state index is 0.283. The van der Waals surface area contributed by atoms with Crippen molar-refractivity contribution in [2.24, 2.45) is 0 Å². The molecule has 0 amide bonds. The van der Waals surface area contributed by atoms with Gasteiger partial charge in [-0.1, -0.05) is 34.8 Å². The smallest absolute Gasteiger partial charge is 0.150 e. The van der Waals surface area contributed by atoms with E-state index in [4.69, 9.17) is 34.8 Å². The topological polar surface area (TPSA) is 19.4 Å². The van der Waals surface area contributed by atoms with Crippen LogP contribution in [0.1, 0.15) is 6.42 Å². The summed E-state index contributed by atoms with van der Waals surface area (Å²) in [7, 11) is 6.03. The highest BCUT2D eigenvalue weighted by molar-refractivity contribution is 6.42. The van der Waals surface area contributed by atoms with Crippen LogP contribution in [-0.4, -0.2) is 44.1 Å². The molecule has 0 aliphatic rings. The van der Waals surface area contributed by atoms with Crippen molar-refractivity contribution in [3.63, 3.8) is 0 Å². The lowest BCUT2D eigenvalue weighted by Crippen LogP contribution is -2.24. The molecule has 0 spiro atoms. The molecule has 0 atom stereocenters.